The summed E-state index contributed by atoms with van der Waals surface area (Å²) in [4.78, 5) is 25.7. The minimum absolute atomic E-state index is 0.00202. The summed E-state index contributed by atoms with van der Waals surface area (Å²) in [6, 6.07) is 8.54. The van der Waals surface area contributed by atoms with Crippen LogP contribution in [0.1, 0.15) is 58.8 Å². The van der Waals surface area contributed by atoms with Crippen LogP contribution in [0, 0.1) is 5.41 Å². The highest BCUT2D eigenvalue weighted by Crippen LogP contribution is 2.40. The molecule has 1 aromatic rings. The van der Waals surface area contributed by atoms with Crippen LogP contribution in [0.4, 0.5) is 0 Å². The van der Waals surface area contributed by atoms with Crippen molar-refractivity contribution in [2.24, 2.45) is 5.41 Å². The molecule has 0 amide bonds. The molecule has 176 valence electrons. The van der Waals surface area contributed by atoms with Gasteiger partial charge in [-0.05, 0) is 55.3 Å². The van der Waals surface area contributed by atoms with Gasteiger partial charge >= 0.3 is 11.9 Å². The van der Waals surface area contributed by atoms with Gasteiger partial charge < -0.3 is 13.6 Å². The molecule has 0 saturated carbocycles. The molecular formula is C24H42O5Si2. The van der Waals surface area contributed by atoms with E-state index in [4.69, 9.17) is 13.6 Å². The molecular weight excluding hydrogens is 424 g/mol. The highest BCUT2D eigenvalue weighted by molar-refractivity contribution is 6.74. The topological polar surface area (TPSA) is 61.8 Å². The van der Waals surface area contributed by atoms with Crippen molar-refractivity contribution in [3.05, 3.63) is 35.9 Å². The van der Waals surface area contributed by atoms with Crippen LogP contribution >= 0.6 is 0 Å². The fraction of sp³-hybridized carbons (Fsp3) is 0.667. The van der Waals surface area contributed by atoms with Gasteiger partial charge in [-0.1, -0.05) is 59.7 Å². The summed E-state index contributed by atoms with van der Waals surface area (Å²) in [6.45, 7) is 23.6. The van der Waals surface area contributed by atoms with Gasteiger partial charge in [-0.25, -0.2) is 4.79 Å². The number of ether oxygens (including phenoxy) is 1. The van der Waals surface area contributed by atoms with Crippen LogP contribution in [0.2, 0.25) is 36.3 Å². The first-order valence-corrected chi connectivity index (χ1v) is 16.7. The zero-order valence-electron chi connectivity index (χ0n) is 21.3. The van der Waals surface area contributed by atoms with Gasteiger partial charge in [0.1, 0.15) is 5.41 Å². The minimum atomic E-state index is -2.11. The zero-order chi connectivity index (χ0) is 24.3. The van der Waals surface area contributed by atoms with Crippen molar-refractivity contribution in [1.82, 2.24) is 0 Å². The van der Waals surface area contributed by atoms with Crippen LogP contribution in [-0.2, 0) is 18.4 Å². The highest BCUT2D eigenvalue weighted by atomic mass is 28.4. The number of benzene rings is 1. The van der Waals surface area contributed by atoms with Gasteiger partial charge in [-0.15, -0.1) is 0 Å². The second-order valence-electron chi connectivity index (χ2n) is 11.7. The van der Waals surface area contributed by atoms with Gasteiger partial charge in [-0.2, -0.15) is 0 Å². The second-order valence-corrected chi connectivity index (χ2v) is 21.3. The Bertz CT molecular complexity index is 728. The molecule has 0 bridgehead atoms. The lowest BCUT2D eigenvalue weighted by Crippen LogP contribution is -2.50. The number of carbonyl (C=O) groups is 2. The lowest BCUT2D eigenvalue weighted by atomic mass is 9.93. The van der Waals surface area contributed by atoms with E-state index in [0.29, 0.717) is 5.56 Å². The van der Waals surface area contributed by atoms with Crippen LogP contribution < -0.4 is 0 Å². The fourth-order valence-electron chi connectivity index (χ4n) is 2.11. The van der Waals surface area contributed by atoms with E-state index in [1.807, 2.05) is 6.07 Å². The maximum Gasteiger partial charge on any atom is 0.345 e. The fourth-order valence-corrected chi connectivity index (χ4v) is 4.34. The predicted molar refractivity (Wildman–Crippen MR) is 131 cm³/mol. The van der Waals surface area contributed by atoms with E-state index in [9.17, 15) is 9.59 Å². The summed E-state index contributed by atoms with van der Waals surface area (Å²) >= 11 is 0. The van der Waals surface area contributed by atoms with Gasteiger partial charge in [0.15, 0.2) is 16.6 Å². The van der Waals surface area contributed by atoms with Crippen molar-refractivity contribution < 1.29 is 23.2 Å². The average Bonchev–Trinajstić information content (AvgIpc) is 2.63. The summed E-state index contributed by atoms with van der Waals surface area (Å²) in [5.74, 6) is -1.27. The Labute approximate surface area is 191 Å². The first-order chi connectivity index (χ1) is 13.8. The molecule has 0 aliphatic rings. The molecule has 7 heteroatoms. The molecule has 0 spiro atoms. The van der Waals surface area contributed by atoms with E-state index in [1.54, 1.807) is 31.2 Å². The lowest BCUT2D eigenvalue weighted by molar-refractivity contribution is -0.153. The van der Waals surface area contributed by atoms with E-state index in [2.05, 4.69) is 67.7 Å². The van der Waals surface area contributed by atoms with Crippen molar-refractivity contribution in [3.8, 4) is 0 Å². The van der Waals surface area contributed by atoms with Gasteiger partial charge in [0.05, 0.1) is 18.8 Å². The van der Waals surface area contributed by atoms with Gasteiger partial charge in [-0.3, -0.25) is 4.79 Å². The monoisotopic (exact) mass is 466 g/mol. The SMILES string of the molecule is CC(CO[Si](C)(C)C(C)(C)C)(CO[Si](C)(C)C(C)(C)C)C(=O)OC(=O)c1ccccc1. The molecule has 0 atom stereocenters. The Hall–Kier alpha value is -1.29. The van der Waals surface area contributed by atoms with Crippen LogP contribution in [0.3, 0.4) is 0 Å². The maximum atomic E-state index is 13.2. The summed E-state index contributed by atoms with van der Waals surface area (Å²) in [5.41, 5.74) is -0.746. The number of carbonyl (C=O) groups excluding carboxylic acids is 2. The maximum absolute atomic E-state index is 13.2. The van der Waals surface area contributed by atoms with Crippen LogP contribution in [0.5, 0.6) is 0 Å². The molecule has 0 aliphatic carbocycles. The molecule has 0 heterocycles. The van der Waals surface area contributed by atoms with Crippen molar-refractivity contribution in [3.63, 3.8) is 0 Å². The van der Waals surface area contributed by atoms with Gasteiger partial charge in [0.2, 0.25) is 0 Å². The number of esters is 2. The minimum Gasteiger partial charge on any atom is -0.416 e. The number of rotatable bonds is 8. The number of hydrogen-bond donors (Lipinski definition) is 0. The predicted octanol–water partition coefficient (Wildman–Crippen LogP) is 6.42. The molecule has 0 N–H and O–H groups in total. The number of hydrogen-bond acceptors (Lipinski definition) is 5. The third-order valence-electron chi connectivity index (χ3n) is 6.80. The van der Waals surface area contributed by atoms with Crippen molar-refractivity contribution in [2.75, 3.05) is 13.2 Å². The quantitative estimate of drug-likeness (QED) is 0.251. The molecule has 31 heavy (non-hydrogen) atoms. The van der Waals surface area contributed by atoms with E-state index >= 15 is 0 Å². The van der Waals surface area contributed by atoms with E-state index < -0.39 is 34.0 Å². The molecule has 0 fully saturated rings. The molecule has 1 rings (SSSR count). The van der Waals surface area contributed by atoms with E-state index in [0.717, 1.165) is 0 Å². The largest absolute Gasteiger partial charge is 0.416 e. The van der Waals surface area contributed by atoms with Crippen LogP contribution in [-0.4, -0.2) is 41.8 Å². The molecule has 0 aliphatic heterocycles. The Morgan fingerprint density at radius 3 is 1.48 bits per heavy atom. The third kappa shape index (κ3) is 7.37. The summed E-state index contributed by atoms with van der Waals surface area (Å²) < 4.78 is 18.1. The standard InChI is InChI=1S/C24H42O5Si2/c1-22(2,3)30(8,9)27-17-24(7,18-28-31(10,11)23(4,5)6)21(26)29-20(25)19-15-13-12-14-16-19/h12-16H,17-18H2,1-11H3. The smallest absolute Gasteiger partial charge is 0.345 e. The van der Waals surface area contributed by atoms with Crippen LogP contribution in [0.15, 0.2) is 30.3 Å². The Kier molecular flexibility index (Phi) is 8.67. The molecule has 0 saturated heterocycles. The van der Waals surface area contributed by atoms with E-state index in [-0.39, 0.29) is 23.3 Å². The molecule has 0 radical (unpaired) electrons. The Morgan fingerprint density at radius 2 is 1.13 bits per heavy atom. The molecule has 5 nitrogen and oxygen atoms in total. The molecule has 1 aromatic carbocycles. The summed E-state index contributed by atoms with van der Waals surface area (Å²) in [5, 5.41) is -0.00405. The van der Waals surface area contributed by atoms with Crippen LogP contribution in [0.25, 0.3) is 0 Å². The Morgan fingerprint density at radius 1 is 0.742 bits per heavy atom. The van der Waals surface area contributed by atoms with E-state index in [1.165, 1.54) is 0 Å². The second kappa shape index (κ2) is 9.69. The van der Waals surface area contributed by atoms with Crippen molar-refractivity contribution in [1.29, 1.82) is 0 Å². The Balaban J connectivity index is 3.10. The van der Waals surface area contributed by atoms with Crippen molar-refractivity contribution in [2.45, 2.75) is 84.7 Å². The first-order valence-electron chi connectivity index (χ1n) is 10.9. The average molecular weight is 467 g/mol. The van der Waals surface area contributed by atoms with Gasteiger partial charge in [0, 0.05) is 0 Å². The summed E-state index contributed by atoms with van der Waals surface area (Å²) in [6.07, 6.45) is 0. The van der Waals surface area contributed by atoms with Crippen molar-refractivity contribution >= 4 is 28.6 Å². The highest BCUT2D eigenvalue weighted by Gasteiger charge is 2.46. The zero-order valence-corrected chi connectivity index (χ0v) is 23.3. The molecule has 0 unspecified atom stereocenters. The summed E-state index contributed by atoms with van der Waals surface area (Å²) in [7, 11) is -4.23. The third-order valence-corrected chi connectivity index (χ3v) is 15.8. The van der Waals surface area contributed by atoms with Gasteiger partial charge in [0.25, 0.3) is 0 Å². The first kappa shape index (κ1) is 27.7. The lowest BCUT2D eigenvalue weighted by Gasteiger charge is -2.41. The molecule has 0 aromatic heterocycles. The normalized spacial score (nSPS) is 13.8.